The molecule has 1 aliphatic rings. The molecule has 4 heteroatoms. The van der Waals surface area contributed by atoms with Crippen LogP contribution in [0.25, 0.3) is 0 Å². The van der Waals surface area contributed by atoms with Gasteiger partial charge in [-0.2, -0.15) is 0 Å². The van der Waals surface area contributed by atoms with Gasteiger partial charge in [0.1, 0.15) is 5.60 Å². The third-order valence-electron chi connectivity index (χ3n) is 3.21. The molecule has 0 bridgehead atoms. The molecule has 4 nitrogen and oxygen atoms in total. The summed E-state index contributed by atoms with van der Waals surface area (Å²) in [6, 6.07) is 0. The number of hydrogen-bond acceptors (Lipinski definition) is 3. The molecular weight excluding hydrogens is 228 g/mol. The number of likely N-dealkylation sites (tertiary alicyclic amines) is 1. The number of amides is 1. The van der Waals surface area contributed by atoms with E-state index in [1.807, 2.05) is 32.7 Å². The monoisotopic (exact) mass is 256 g/mol. The van der Waals surface area contributed by atoms with Gasteiger partial charge in [0, 0.05) is 13.1 Å². The summed E-state index contributed by atoms with van der Waals surface area (Å²) in [7, 11) is 1.98. The van der Waals surface area contributed by atoms with E-state index in [2.05, 4.69) is 5.32 Å². The summed E-state index contributed by atoms with van der Waals surface area (Å²) < 4.78 is 5.43. The highest BCUT2D eigenvalue weighted by Crippen LogP contribution is 2.22. The summed E-state index contributed by atoms with van der Waals surface area (Å²) in [5.41, 5.74) is -0.393. The highest BCUT2D eigenvalue weighted by atomic mass is 16.6. The fourth-order valence-electron chi connectivity index (χ4n) is 2.36. The maximum absolute atomic E-state index is 12.0. The SMILES string of the molecule is CNCCC[C@H]1CCCN(C(=O)OC(C)(C)C)C1. The number of piperidine rings is 1. The number of ether oxygens (including phenoxy) is 1. The Hall–Kier alpha value is -0.770. The first-order chi connectivity index (χ1) is 8.42. The van der Waals surface area contributed by atoms with Crippen LogP contribution < -0.4 is 5.32 Å². The van der Waals surface area contributed by atoms with Gasteiger partial charge in [0.25, 0.3) is 0 Å². The largest absolute Gasteiger partial charge is 0.444 e. The van der Waals surface area contributed by atoms with Crippen LogP contribution in [0.1, 0.15) is 46.5 Å². The van der Waals surface area contributed by atoms with Gasteiger partial charge in [-0.1, -0.05) is 0 Å². The van der Waals surface area contributed by atoms with Gasteiger partial charge in [0.2, 0.25) is 0 Å². The van der Waals surface area contributed by atoms with Gasteiger partial charge in [-0.05, 0) is 66.0 Å². The fourth-order valence-corrected chi connectivity index (χ4v) is 2.36. The molecule has 0 aromatic carbocycles. The van der Waals surface area contributed by atoms with E-state index >= 15 is 0 Å². The van der Waals surface area contributed by atoms with Gasteiger partial charge < -0.3 is 15.0 Å². The molecule has 0 saturated carbocycles. The van der Waals surface area contributed by atoms with Crippen molar-refractivity contribution in [1.29, 1.82) is 0 Å². The average molecular weight is 256 g/mol. The van der Waals surface area contributed by atoms with Crippen molar-refractivity contribution in [3.63, 3.8) is 0 Å². The van der Waals surface area contributed by atoms with Crippen LogP contribution in [0.4, 0.5) is 4.79 Å². The minimum atomic E-state index is -0.393. The molecule has 1 amide bonds. The van der Waals surface area contributed by atoms with Crippen LogP contribution in [0.3, 0.4) is 0 Å². The highest BCUT2D eigenvalue weighted by molar-refractivity contribution is 5.68. The van der Waals surface area contributed by atoms with E-state index in [-0.39, 0.29) is 6.09 Å². The second kappa shape index (κ2) is 6.98. The number of carbonyl (C=O) groups is 1. The maximum Gasteiger partial charge on any atom is 0.410 e. The molecule has 1 rings (SSSR count). The minimum Gasteiger partial charge on any atom is -0.444 e. The zero-order valence-electron chi connectivity index (χ0n) is 12.3. The van der Waals surface area contributed by atoms with Crippen LogP contribution in [0.15, 0.2) is 0 Å². The Kier molecular flexibility index (Phi) is 5.93. The Labute approximate surface area is 111 Å². The summed E-state index contributed by atoms with van der Waals surface area (Å²) in [5.74, 6) is 0.639. The molecule has 0 unspecified atom stereocenters. The lowest BCUT2D eigenvalue weighted by Crippen LogP contribution is -2.42. The molecule has 1 N–H and O–H groups in total. The van der Waals surface area contributed by atoms with E-state index in [9.17, 15) is 4.79 Å². The number of rotatable bonds is 4. The van der Waals surface area contributed by atoms with E-state index < -0.39 is 5.60 Å². The summed E-state index contributed by atoms with van der Waals surface area (Å²) in [6.45, 7) is 8.51. The van der Waals surface area contributed by atoms with Crippen LogP contribution in [0.2, 0.25) is 0 Å². The average Bonchev–Trinajstić information content (AvgIpc) is 2.27. The molecule has 0 spiro atoms. The van der Waals surface area contributed by atoms with Gasteiger partial charge in [0.15, 0.2) is 0 Å². The van der Waals surface area contributed by atoms with E-state index in [1.165, 1.54) is 19.3 Å². The Morgan fingerprint density at radius 2 is 2.17 bits per heavy atom. The molecular formula is C14H28N2O2. The van der Waals surface area contributed by atoms with Crippen molar-refractivity contribution in [2.45, 2.75) is 52.1 Å². The van der Waals surface area contributed by atoms with Gasteiger partial charge in [-0.15, -0.1) is 0 Å². The molecule has 0 aliphatic carbocycles. The Balaban J connectivity index is 2.36. The molecule has 106 valence electrons. The number of hydrogen-bond donors (Lipinski definition) is 1. The zero-order valence-corrected chi connectivity index (χ0v) is 12.3. The lowest BCUT2D eigenvalue weighted by atomic mass is 9.93. The van der Waals surface area contributed by atoms with Crippen LogP contribution in [0, 0.1) is 5.92 Å². The van der Waals surface area contributed by atoms with E-state index in [0.717, 1.165) is 26.1 Å². The minimum absolute atomic E-state index is 0.152. The van der Waals surface area contributed by atoms with Crippen LogP contribution in [-0.4, -0.2) is 43.3 Å². The summed E-state index contributed by atoms with van der Waals surface area (Å²) in [6.07, 6.45) is 4.57. The van der Waals surface area contributed by atoms with Crippen molar-refractivity contribution < 1.29 is 9.53 Å². The smallest absolute Gasteiger partial charge is 0.410 e. The van der Waals surface area contributed by atoms with Crippen LogP contribution in [-0.2, 0) is 4.74 Å². The number of nitrogens with zero attached hydrogens (tertiary/aromatic N) is 1. The Morgan fingerprint density at radius 3 is 2.78 bits per heavy atom. The van der Waals surface area contributed by atoms with Gasteiger partial charge >= 0.3 is 6.09 Å². The first kappa shape index (κ1) is 15.3. The first-order valence-electron chi connectivity index (χ1n) is 7.05. The molecule has 18 heavy (non-hydrogen) atoms. The van der Waals surface area contributed by atoms with E-state index in [4.69, 9.17) is 4.74 Å². The maximum atomic E-state index is 12.0. The van der Waals surface area contributed by atoms with Gasteiger partial charge in [-0.3, -0.25) is 0 Å². The second-order valence-corrected chi connectivity index (χ2v) is 6.18. The Bertz CT molecular complexity index is 261. The van der Waals surface area contributed by atoms with Crippen molar-refractivity contribution in [1.82, 2.24) is 10.2 Å². The molecule has 1 atom stereocenters. The summed E-state index contributed by atoms with van der Waals surface area (Å²) in [5, 5.41) is 3.17. The highest BCUT2D eigenvalue weighted by Gasteiger charge is 2.27. The predicted octanol–water partition coefficient (Wildman–Crippen LogP) is 2.63. The third-order valence-corrected chi connectivity index (χ3v) is 3.21. The molecule has 1 heterocycles. The third kappa shape index (κ3) is 5.71. The standard InChI is InChI=1S/C14H28N2O2/c1-14(2,3)18-13(17)16-10-6-8-12(11-16)7-5-9-15-4/h12,15H,5-11H2,1-4H3/t12-/m0/s1. The van der Waals surface area contributed by atoms with Gasteiger partial charge in [-0.25, -0.2) is 4.79 Å². The molecule has 0 radical (unpaired) electrons. The Morgan fingerprint density at radius 1 is 1.44 bits per heavy atom. The number of carbonyl (C=O) groups excluding carboxylic acids is 1. The zero-order chi connectivity index (χ0) is 13.6. The van der Waals surface area contributed by atoms with Crippen LogP contribution >= 0.6 is 0 Å². The van der Waals surface area contributed by atoms with Crippen molar-refractivity contribution in [3.8, 4) is 0 Å². The fraction of sp³-hybridized carbons (Fsp3) is 0.929. The lowest BCUT2D eigenvalue weighted by molar-refractivity contribution is 0.0161. The van der Waals surface area contributed by atoms with E-state index in [0.29, 0.717) is 5.92 Å². The molecule has 0 aromatic rings. The normalized spacial score (nSPS) is 20.9. The van der Waals surface area contributed by atoms with Crippen molar-refractivity contribution in [2.75, 3.05) is 26.7 Å². The molecule has 1 aliphatic heterocycles. The second-order valence-electron chi connectivity index (χ2n) is 6.18. The van der Waals surface area contributed by atoms with Gasteiger partial charge in [0.05, 0.1) is 0 Å². The quantitative estimate of drug-likeness (QED) is 0.786. The number of nitrogens with one attached hydrogen (secondary N) is 1. The lowest BCUT2D eigenvalue weighted by Gasteiger charge is -2.34. The molecule has 0 aromatic heterocycles. The first-order valence-corrected chi connectivity index (χ1v) is 7.05. The summed E-state index contributed by atoms with van der Waals surface area (Å²) in [4.78, 5) is 13.9. The topological polar surface area (TPSA) is 41.6 Å². The predicted molar refractivity (Wildman–Crippen MR) is 73.7 cm³/mol. The summed E-state index contributed by atoms with van der Waals surface area (Å²) >= 11 is 0. The van der Waals surface area contributed by atoms with Crippen molar-refractivity contribution >= 4 is 6.09 Å². The van der Waals surface area contributed by atoms with Crippen LogP contribution in [0.5, 0.6) is 0 Å². The van der Waals surface area contributed by atoms with Crippen molar-refractivity contribution in [3.05, 3.63) is 0 Å². The van der Waals surface area contributed by atoms with E-state index in [1.54, 1.807) is 0 Å². The molecule has 1 fully saturated rings. The molecule has 1 saturated heterocycles. The van der Waals surface area contributed by atoms with Crippen molar-refractivity contribution in [2.24, 2.45) is 5.92 Å².